The van der Waals surface area contributed by atoms with Crippen LogP contribution in [0, 0.1) is 11.3 Å². The van der Waals surface area contributed by atoms with Crippen LogP contribution in [-0.4, -0.2) is 27.7 Å². The number of hydrogen-bond acceptors (Lipinski definition) is 3. The number of nitriles is 1. The molecule has 0 saturated heterocycles. The van der Waals surface area contributed by atoms with Gasteiger partial charge in [0.2, 0.25) is 0 Å². The number of amides is 1. The molecule has 27 heavy (non-hydrogen) atoms. The van der Waals surface area contributed by atoms with Crippen molar-refractivity contribution in [3.05, 3.63) is 46.7 Å². The molecule has 5 nitrogen and oxygen atoms in total. The predicted molar refractivity (Wildman–Crippen MR) is 103 cm³/mol. The molecular weight excluding hydrogens is 362 g/mol. The Morgan fingerprint density at radius 3 is 2.67 bits per heavy atom. The Hall–Kier alpha value is -2.45. The summed E-state index contributed by atoms with van der Waals surface area (Å²) in [5, 5.41) is 10.5. The number of carbonyl (C=O) groups excluding carboxylic acids is 1. The maximum absolute atomic E-state index is 12.7. The van der Waals surface area contributed by atoms with Gasteiger partial charge in [0.25, 0.3) is 0 Å². The lowest BCUT2D eigenvalue weighted by Gasteiger charge is -2.36. The van der Waals surface area contributed by atoms with Gasteiger partial charge in [-0.1, -0.05) is 23.7 Å². The maximum atomic E-state index is 12.7. The highest BCUT2D eigenvalue weighted by atomic mass is 35.5. The van der Waals surface area contributed by atoms with E-state index < -0.39 is 5.60 Å². The Morgan fingerprint density at radius 1 is 1.33 bits per heavy atom. The zero-order chi connectivity index (χ0) is 19.4. The fourth-order valence-corrected chi connectivity index (χ4v) is 3.98. The highest BCUT2D eigenvalue weighted by Gasteiger charge is 2.51. The normalized spacial score (nSPS) is 17.4. The molecule has 0 bridgehead atoms. The third-order valence-corrected chi connectivity index (χ3v) is 5.41. The van der Waals surface area contributed by atoms with Crippen LogP contribution in [-0.2, 0) is 16.8 Å². The number of aromatic nitrogens is 1. The summed E-state index contributed by atoms with van der Waals surface area (Å²) in [6.07, 6.45) is 3.72. The molecule has 4 rings (SSSR count). The van der Waals surface area contributed by atoms with Crippen LogP contribution in [0.5, 0.6) is 0 Å². The molecule has 2 aliphatic rings. The van der Waals surface area contributed by atoms with Gasteiger partial charge in [-0.05, 0) is 51.3 Å². The summed E-state index contributed by atoms with van der Waals surface area (Å²) in [6, 6.07) is 9.88. The van der Waals surface area contributed by atoms with Gasteiger partial charge >= 0.3 is 6.09 Å². The van der Waals surface area contributed by atoms with E-state index in [0.29, 0.717) is 23.7 Å². The van der Waals surface area contributed by atoms with E-state index >= 15 is 0 Å². The van der Waals surface area contributed by atoms with E-state index in [-0.39, 0.29) is 11.6 Å². The minimum atomic E-state index is -0.544. The standard InChI is InChI=1S/C21H22ClN3O2/c1-20(2,3)27-19(26)24-12-18-16(10-23)17(14-5-4-6-15(22)9-14)11-25(18)21(13-24)7-8-21/h4-6,9,11H,7-8,12-13H2,1-3H3. The Bertz CT molecular complexity index is 961. The van der Waals surface area contributed by atoms with Gasteiger partial charge in [-0.15, -0.1) is 0 Å². The van der Waals surface area contributed by atoms with Crippen molar-refractivity contribution in [3.63, 3.8) is 0 Å². The van der Waals surface area contributed by atoms with Gasteiger partial charge in [0, 0.05) is 23.3 Å². The van der Waals surface area contributed by atoms with E-state index in [1.807, 2.05) is 45.0 Å². The molecule has 2 aromatic rings. The van der Waals surface area contributed by atoms with Gasteiger partial charge in [-0.25, -0.2) is 4.79 Å². The fraction of sp³-hybridized carbons (Fsp3) is 0.429. The summed E-state index contributed by atoms with van der Waals surface area (Å²) < 4.78 is 7.78. The van der Waals surface area contributed by atoms with Crippen molar-refractivity contribution in [3.8, 4) is 17.2 Å². The first-order chi connectivity index (χ1) is 12.7. The quantitative estimate of drug-likeness (QED) is 0.702. The second-order valence-electron chi connectivity index (χ2n) is 8.42. The molecule has 1 saturated carbocycles. The van der Waals surface area contributed by atoms with E-state index in [0.717, 1.165) is 29.7 Å². The first-order valence-corrected chi connectivity index (χ1v) is 9.49. The molecule has 0 atom stereocenters. The van der Waals surface area contributed by atoms with Crippen molar-refractivity contribution in [2.45, 2.75) is 51.3 Å². The van der Waals surface area contributed by atoms with Gasteiger partial charge in [0.15, 0.2) is 0 Å². The van der Waals surface area contributed by atoms with Crippen molar-refractivity contribution < 1.29 is 9.53 Å². The van der Waals surface area contributed by atoms with Crippen molar-refractivity contribution in [2.75, 3.05) is 6.54 Å². The third-order valence-electron chi connectivity index (χ3n) is 5.17. The molecule has 1 aromatic heterocycles. The second-order valence-corrected chi connectivity index (χ2v) is 8.85. The lowest BCUT2D eigenvalue weighted by atomic mass is 10.0. The molecule has 2 heterocycles. The number of nitrogens with zero attached hydrogens (tertiary/aromatic N) is 3. The Kier molecular flexibility index (Phi) is 4.01. The van der Waals surface area contributed by atoms with Crippen molar-refractivity contribution in [2.24, 2.45) is 0 Å². The maximum Gasteiger partial charge on any atom is 0.410 e. The topological polar surface area (TPSA) is 58.3 Å². The number of hydrogen-bond donors (Lipinski definition) is 0. The van der Waals surface area contributed by atoms with Gasteiger partial charge in [-0.3, -0.25) is 4.90 Å². The van der Waals surface area contributed by atoms with E-state index in [9.17, 15) is 10.1 Å². The van der Waals surface area contributed by atoms with Crippen LogP contribution in [0.4, 0.5) is 4.79 Å². The van der Waals surface area contributed by atoms with Crippen LogP contribution in [0.2, 0.25) is 5.02 Å². The molecule has 0 radical (unpaired) electrons. The Labute approximate surface area is 164 Å². The molecule has 1 aliphatic carbocycles. The minimum absolute atomic E-state index is 0.118. The molecule has 1 aliphatic heterocycles. The van der Waals surface area contributed by atoms with Crippen molar-refractivity contribution in [1.82, 2.24) is 9.47 Å². The summed E-state index contributed by atoms with van der Waals surface area (Å²) >= 11 is 6.15. The molecule has 0 unspecified atom stereocenters. The smallest absolute Gasteiger partial charge is 0.410 e. The van der Waals surface area contributed by atoms with Crippen LogP contribution >= 0.6 is 11.6 Å². The summed E-state index contributed by atoms with van der Waals surface area (Å²) in [7, 11) is 0. The minimum Gasteiger partial charge on any atom is -0.444 e. The SMILES string of the molecule is CC(C)(C)OC(=O)N1Cc2c(C#N)c(-c3cccc(Cl)c3)cn2C2(CC2)C1. The summed E-state index contributed by atoms with van der Waals surface area (Å²) in [5.74, 6) is 0. The van der Waals surface area contributed by atoms with Gasteiger partial charge in [0.05, 0.1) is 23.3 Å². The van der Waals surface area contributed by atoms with Gasteiger partial charge in [-0.2, -0.15) is 5.26 Å². The van der Waals surface area contributed by atoms with E-state index in [1.54, 1.807) is 4.90 Å². The lowest BCUT2D eigenvalue weighted by Crippen LogP contribution is -2.46. The second kappa shape index (κ2) is 6.03. The number of halogens is 1. The van der Waals surface area contributed by atoms with Crippen molar-refractivity contribution in [1.29, 1.82) is 5.26 Å². The summed E-state index contributed by atoms with van der Waals surface area (Å²) in [6.45, 7) is 6.58. The molecular formula is C21H22ClN3O2. The molecule has 0 N–H and O–H groups in total. The molecule has 6 heteroatoms. The molecule has 1 spiro atoms. The number of ether oxygens (including phenoxy) is 1. The zero-order valence-electron chi connectivity index (χ0n) is 15.8. The monoisotopic (exact) mass is 383 g/mol. The van der Waals surface area contributed by atoms with Gasteiger partial charge < -0.3 is 9.30 Å². The number of fused-ring (bicyclic) bond motifs is 2. The molecule has 140 valence electrons. The number of rotatable bonds is 1. The average molecular weight is 384 g/mol. The lowest BCUT2D eigenvalue weighted by molar-refractivity contribution is 0.0151. The zero-order valence-corrected chi connectivity index (χ0v) is 16.5. The van der Waals surface area contributed by atoms with E-state index in [1.165, 1.54) is 0 Å². The number of carbonyl (C=O) groups is 1. The largest absolute Gasteiger partial charge is 0.444 e. The Morgan fingerprint density at radius 2 is 2.07 bits per heavy atom. The Balaban J connectivity index is 1.76. The van der Waals surface area contributed by atoms with E-state index in [2.05, 4.69) is 16.8 Å². The first kappa shape index (κ1) is 17.9. The van der Waals surface area contributed by atoms with Crippen LogP contribution in [0.3, 0.4) is 0 Å². The van der Waals surface area contributed by atoms with Crippen LogP contribution in [0.25, 0.3) is 11.1 Å². The fourth-order valence-electron chi connectivity index (χ4n) is 3.79. The molecule has 1 aromatic carbocycles. The highest BCUT2D eigenvalue weighted by molar-refractivity contribution is 6.30. The van der Waals surface area contributed by atoms with E-state index in [4.69, 9.17) is 16.3 Å². The molecule has 1 amide bonds. The van der Waals surface area contributed by atoms with Gasteiger partial charge in [0.1, 0.15) is 11.7 Å². The third kappa shape index (κ3) is 3.19. The first-order valence-electron chi connectivity index (χ1n) is 9.11. The van der Waals surface area contributed by atoms with Crippen LogP contribution in [0.15, 0.2) is 30.5 Å². The summed E-state index contributed by atoms with van der Waals surface area (Å²) in [5.41, 5.74) is 2.61. The van der Waals surface area contributed by atoms with Crippen molar-refractivity contribution >= 4 is 17.7 Å². The van der Waals surface area contributed by atoms with Crippen LogP contribution < -0.4 is 0 Å². The highest BCUT2D eigenvalue weighted by Crippen LogP contribution is 2.50. The predicted octanol–water partition coefficient (Wildman–Crippen LogP) is 4.92. The molecule has 1 fully saturated rings. The van der Waals surface area contributed by atoms with Crippen LogP contribution in [0.1, 0.15) is 44.9 Å². The summed E-state index contributed by atoms with van der Waals surface area (Å²) in [4.78, 5) is 14.4. The number of benzene rings is 1. The average Bonchev–Trinajstić information content (AvgIpc) is 3.23.